The SMILES string of the molecule is C#C[C@](C)(CC)NC(=O)c1cc2nc3c(c(C(F)(F)F)n2n1)CCc1ccccc1-3. The molecule has 30 heavy (non-hydrogen) atoms. The number of halogens is 3. The molecule has 8 heteroatoms. The molecule has 0 saturated carbocycles. The summed E-state index contributed by atoms with van der Waals surface area (Å²) in [4.78, 5) is 17.1. The number of hydrogen-bond donors (Lipinski definition) is 1. The number of hydrogen-bond acceptors (Lipinski definition) is 3. The zero-order valence-electron chi connectivity index (χ0n) is 16.5. The monoisotopic (exact) mass is 412 g/mol. The number of rotatable bonds is 3. The molecule has 2 heterocycles. The van der Waals surface area contributed by atoms with Crippen LogP contribution in [0.1, 0.15) is 47.6 Å². The lowest BCUT2D eigenvalue weighted by Crippen LogP contribution is -2.44. The highest BCUT2D eigenvalue weighted by atomic mass is 19.4. The summed E-state index contributed by atoms with van der Waals surface area (Å²) in [5.41, 5.74) is -0.0428. The van der Waals surface area contributed by atoms with Gasteiger partial charge in [-0.15, -0.1) is 6.42 Å². The van der Waals surface area contributed by atoms with E-state index in [1.165, 1.54) is 6.07 Å². The Morgan fingerprint density at radius 3 is 2.70 bits per heavy atom. The first kappa shape index (κ1) is 20.0. The average Bonchev–Trinajstić information content (AvgIpc) is 3.14. The number of carbonyl (C=O) groups excluding carboxylic acids is 1. The van der Waals surface area contributed by atoms with Crippen molar-refractivity contribution in [3.05, 3.63) is 52.8 Å². The second-order valence-electron chi connectivity index (χ2n) is 7.53. The van der Waals surface area contributed by atoms with Crippen molar-refractivity contribution >= 4 is 11.6 Å². The van der Waals surface area contributed by atoms with Crippen molar-refractivity contribution in [2.45, 2.75) is 44.8 Å². The lowest BCUT2D eigenvalue weighted by atomic mass is 9.88. The molecule has 1 amide bonds. The van der Waals surface area contributed by atoms with E-state index in [0.29, 0.717) is 18.4 Å². The normalized spacial score (nSPS) is 15.1. The fraction of sp³-hybridized carbons (Fsp3) is 0.318. The van der Waals surface area contributed by atoms with Crippen molar-refractivity contribution in [1.29, 1.82) is 0 Å². The van der Waals surface area contributed by atoms with Crippen molar-refractivity contribution < 1.29 is 18.0 Å². The molecule has 1 aliphatic rings. The third-order valence-electron chi connectivity index (χ3n) is 5.53. The van der Waals surface area contributed by atoms with Crippen LogP contribution in [0.15, 0.2) is 30.3 Å². The summed E-state index contributed by atoms with van der Waals surface area (Å²) >= 11 is 0. The molecule has 0 saturated heterocycles. The first-order chi connectivity index (χ1) is 14.2. The van der Waals surface area contributed by atoms with Gasteiger partial charge in [-0.05, 0) is 31.7 Å². The number of terminal acetylenes is 1. The van der Waals surface area contributed by atoms with Gasteiger partial charge >= 0.3 is 6.18 Å². The topological polar surface area (TPSA) is 59.3 Å². The van der Waals surface area contributed by atoms with Gasteiger partial charge in [-0.25, -0.2) is 9.50 Å². The Morgan fingerprint density at radius 2 is 2.03 bits per heavy atom. The molecular formula is C22H19F3N4O. The molecule has 4 rings (SSSR count). The predicted octanol–water partition coefficient (Wildman–Crippen LogP) is 4.05. The Morgan fingerprint density at radius 1 is 1.30 bits per heavy atom. The quantitative estimate of drug-likeness (QED) is 0.661. The van der Waals surface area contributed by atoms with E-state index < -0.39 is 23.3 Å². The summed E-state index contributed by atoms with van der Waals surface area (Å²) in [5, 5.41) is 6.60. The van der Waals surface area contributed by atoms with Crippen molar-refractivity contribution in [2.24, 2.45) is 0 Å². The number of aromatic nitrogens is 3. The van der Waals surface area contributed by atoms with Crippen LogP contribution in [0, 0.1) is 12.3 Å². The minimum atomic E-state index is -4.66. The van der Waals surface area contributed by atoms with Crippen LogP contribution >= 0.6 is 0 Å². The number of aryl methyl sites for hydroxylation is 1. The van der Waals surface area contributed by atoms with Gasteiger partial charge in [0.25, 0.3) is 5.91 Å². The molecule has 1 aromatic carbocycles. The van der Waals surface area contributed by atoms with E-state index in [4.69, 9.17) is 6.42 Å². The Bertz CT molecular complexity index is 1210. The second-order valence-corrected chi connectivity index (χ2v) is 7.53. The number of alkyl halides is 3. The van der Waals surface area contributed by atoms with Crippen LogP contribution in [0.3, 0.4) is 0 Å². The Labute approximate surface area is 171 Å². The van der Waals surface area contributed by atoms with Gasteiger partial charge in [-0.2, -0.15) is 18.3 Å². The number of carbonyl (C=O) groups is 1. The molecule has 3 aromatic rings. The molecular weight excluding hydrogens is 393 g/mol. The van der Waals surface area contributed by atoms with E-state index in [2.05, 4.69) is 21.3 Å². The van der Waals surface area contributed by atoms with Gasteiger partial charge in [0.2, 0.25) is 0 Å². The summed E-state index contributed by atoms with van der Waals surface area (Å²) in [6.07, 6.45) is 1.94. The number of amides is 1. The summed E-state index contributed by atoms with van der Waals surface area (Å²) in [6, 6.07) is 8.53. The first-order valence-corrected chi connectivity index (χ1v) is 9.55. The van der Waals surface area contributed by atoms with Crippen molar-refractivity contribution in [2.75, 3.05) is 0 Å². The molecule has 0 spiro atoms. The Hall–Kier alpha value is -3.34. The van der Waals surface area contributed by atoms with Gasteiger partial charge in [-0.1, -0.05) is 37.1 Å². The molecule has 1 N–H and O–H groups in total. The molecule has 0 fully saturated rings. The van der Waals surface area contributed by atoms with E-state index in [1.807, 2.05) is 12.1 Å². The standard InChI is InChI=1S/C22H19F3N4O/c1-4-21(3,5-2)27-20(30)16-12-17-26-18-14-9-7-6-8-13(14)10-11-15(18)19(22(23,24)25)29(17)28-16/h1,6-9,12H,5,10-11H2,2-3H3,(H,27,30)/t21-/m1/s1. The van der Waals surface area contributed by atoms with Gasteiger partial charge in [0.1, 0.15) is 0 Å². The third-order valence-corrected chi connectivity index (χ3v) is 5.53. The van der Waals surface area contributed by atoms with Crippen LogP contribution in [0.4, 0.5) is 13.2 Å². The van der Waals surface area contributed by atoms with Gasteiger partial charge in [-0.3, -0.25) is 4.79 Å². The highest BCUT2D eigenvalue weighted by molar-refractivity contribution is 5.94. The van der Waals surface area contributed by atoms with E-state index in [1.54, 1.807) is 26.0 Å². The number of fused-ring (bicyclic) bond motifs is 4. The smallest absolute Gasteiger partial charge is 0.335 e. The lowest BCUT2D eigenvalue weighted by Gasteiger charge is -2.23. The summed E-state index contributed by atoms with van der Waals surface area (Å²) in [6.45, 7) is 3.47. The Kier molecular flexibility index (Phi) is 4.57. The van der Waals surface area contributed by atoms with Crippen molar-refractivity contribution in [3.63, 3.8) is 0 Å². The van der Waals surface area contributed by atoms with Gasteiger partial charge in [0.15, 0.2) is 17.0 Å². The summed E-state index contributed by atoms with van der Waals surface area (Å²) in [5.74, 6) is 1.85. The molecule has 2 aromatic heterocycles. The molecule has 5 nitrogen and oxygen atoms in total. The minimum Gasteiger partial charge on any atom is -0.335 e. The second kappa shape index (κ2) is 6.87. The van der Waals surface area contributed by atoms with Crippen LogP contribution in [0.5, 0.6) is 0 Å². The average molecular weight is 412 g/mol. The van der Waals surface area contributed by atoms with Crippen LogP contribution in [-0.4, -0.2) is 26.0 Å². The fourth-order valence-electron chi connectivity index (χ4n) is 3.67. The molecule has 1 aliphatic carbocycles. The molecule has 0 aliphatic heterocycles. The maximum Gasteiger partial charge on any atom is 0.433 e. The van der Waals surface area contributed by atoms with Crippen LogP contribution in [0.25, 0.3) is 16.9 Å². The maximum atomic E-state index is 14.1. The van der Waals surface area contributed by atoms with Gasteiger partial charge in [0.05, 0.1) is 11.2 Å². The number of nitrogens with one attached hydrogen (secondary N) is 1. The van der Waals surface area contributed by atoms with Crippen molar-refractivity contribution in [3.8, 4) is 23.6 Å². The van der Waals surface area contributed by atoms with Gasteiger partial charge < -0.3 is 5.32 Å². The predicted molar refractivity (Wildman–Crippen MR) is 106 cm³/mol. The molecule has 0 radical (unpaired) electrons. The maximum absolute atomic E-state index is 14.1. The highest BCUT2D eigenvalue weighted by Gasteiger charge is 2.40. The summed E-state index contributed by atoms with van der Waals surface area (Å²) < 4.78 is 42.9. The molecule has 1 atom stereocenters. The van der Waals surface area contributed by atoms with Crippen LogP contribution < -0.4 is 5.32 Å². The number of nitrogens with zero attached hydrogens (tertiary/aromatic N) is 3. The zero-order valence-corrected chi connectivity index (χ0v) is 16.5. The van der Waals surface area contributed by atoms with Gasteiger partial charge in [0, 0.05) is 17.2 Å². The highest BCUT2D eigenvalue weighted by Crippen LogP contribution is 2.40. The third kappa shape index (κ3) is 3.20. The van der Waals surface area contributed by atoms with Crippen molar-refractivity contribution in [1.82, 2.24) is 19.9 Å². The first-order valence-electron chi connectivity index (χ1n) is 9.55. The minimum absolute atomic E-state index is 0.0400. The molecule has 154 valence electrons. The fourth-order valence-corrected chi connectivity index (χ4v) is 3.67. The number of benzene rings is 1. The van der Waals surface area contributed by atoms with Crippen LogP contribution in [-0.2, 0) is 19.0 Å². The van der Waals surface area contributed by atoms with E-state index in [0.717, 1.165) is 10.1 Å². The van der Waals surface area contributed by atoms with Crippen LogP contribution in [0.2, 0.25) is 0 Å². The lowest BCUT2D eigenvalue weighted by molar-refractivity contribution is -0.143. The zero-order chi connectivity index (χ0) is 21.7. The van der Waals surface area contributed by atoms with E-state index >= 15 is 0 Å². The summed E-state index contributed by atoms with van der Waals surface area (Å²) in [7, 11) is 0. The van der Waals surface area contributed by atoms with E-state index in [-0.39, 0.29) is 29.0 Å². The largest absolute Gasteiger partial charge is 0.433 e. The van der Waals surface area contributed by atoms with E-state index in [9.17, 15) is 18.0 Å². The molecule has 0 bridgehead atoms. The molecule has 0 unspecified atom stereocenters. The Balaban J connectivity index is 1.91.